The molecule has 5 N–H and O–H groups in total. The van der Waals surface area contributed by atoms with Crippen LogP contribution >= 0.6 is 22.5 Å². The maximum absolute atomic E-state index is 11.9. The Morgan fingerprint density at radius 1 is 1.36 bits per heavy atom. The van der Waals surface area contributed by atoms with Gasteiger partial charge >= 0.3 is 0 Å². The lowest BCUT2D eigenvalue weighted by molar-refractivity contribution is 0.304. The Hall–Kier alpha value is -2.19. The number of furan rings is 1. The molecule has 2 atom stereocenters. The fourth-order valence-electron chi connectivity index (χ4n) is 2.50. The van der Waals surface area contributed by atoms with E-state index in [1.165, 1.54) is 5.38 Å². The fraction of sp³-hybridized carbons (Fsp3) is 0.333. The van der Waals surface area contributed by atoms with Crippen LogP contribution in [0.4, 0.5) is 17.3 Å². The van der Waals surface area contributed by atoms with Crippen molar-refractivity contribution in [3.8, 4) is 5.75 Å². The summed E-state index contributed by atoms with van der Waals surface area (Å²) in [6.07, 6.45) is 1.55. The van der Waals surface area contributed by atoms with Crippen molar-refractivity contribution in [1.82, 2.24) is 8.75 Å². The molecule has 13 heteroatoms. The molecule has 0 radical (unpaired) electrons. The molecule has 0 aliphatic rings. The van der Waals surface area contributed by atoms with Crippen LogP contribution in [0.1, 0.15) is 32.6 Å². The van der Waals surface area contributed by atoms with Gasteiger partial charge in [-0.2, -0.15) is 0 Å². The lowest BCUT2D eigenvalue weighted by Crippen LogP contribution is -2.25. The Labute approximate surface area is 168 Å². The van der Waals surface area contributed by atoms with Crippen LogP contribution in [0.15, 0.2) is 32.4 Å². The van der Waals surface area contributed by atoms with Crippen molar-refractivity contribution in [2.24, 2.45) is 10.6 Å². The van der Waals surface area contributed by atoms with E-state index in [9.17, 15) is 18.1 Å². The van der Waals surface area contributed by atoms with Crippen molar-refractivity contribution in [2.45, 2.75) is 31.0 Å². The SMILES string of the molecule is CC(C)(C)[C@@H](Nc1n[s+]([O-])nc1Nc1csc(S(N)(=O)=O)c1O)c1ccco1. The standard InChI is InChI=1S/C15H19N5O5S3/c1-15(2,3)11(9-5-4-6-25-9)18-13-12(19-27(22)20-13)17-8-7-26-14(10(8)21)28(16,23)24/h4-7,11,21H,1-3H3,(H,17,19)(H,18,20)(H2,16,23,24)/t11-,27?/m0/s1. The second-order valence-electron chi connectivity index (χ2n) is 7.02. The Morgan fingerprint density at radius 2 is 2.04 bits per heavy atom. The van der Waals surface area contributed by atoms with Gasteiger partial charge in [-0.1, -0.05) is 20.8 Å². The smallest absolute Gasteiger partial charge is 0.251 e. The van der Waals surface area contributed by atoms with Gasteiger partial charge in [0.05, 0.1) is 18.0 Å². The third-order valence-corrected chi connectivity index (χ3v) is 6.92. The number of aromatic nitrogens is 2. The van der Waals surface area contributed by atoms with Crippen LogP contribution < -0.4 is 15.8 Å². The molecule has 1 unspecified atom stereocenters. The van der Waals surface area contributed by atoms with Crippen LogP contribution in [0.3, 0.4) is 0 Å². The summed E-state index contributed by atoms with van der Waals surface area (Å²) in [6, 6.07) is 3.25. The number of hydrogen-bond acceptors (Lipinski definition) is 10. The van der Waals surface area contributed by atoms with Crippen LogP contribution in [-0.2, 0) is 10.0 Å². The predicted molar refractivity (Wildman–Crippen MR) is 106 cm³/mol. The number of nitrogens with one attached hydrogen (secondary N) is 2. The van der Waals surface area contributed by atoms with Gasteiger partial charge in [0.2, 0.25) is 11.6 Å². The summed E-state index contributed by atoms with van der Waals surface area (Å²) < 4.78 is 47.8. The second kappa shape index (κ2) is 7.33. The first-order chi connectivity index (χ1) is 13.0. The van der Waals surface area contributed by atoms with Crippen molar-refractivity contribution >= 4 is 49.8 Å². The van der Waals surface area contributed by atoms with E-state index in [1.807, 2.05) is 26.8 Å². The number of aromatic hydroxyl groups is 1. The largest absolute Gasteiger partial charge is 0.546 e. The van der Waals surface area contributed by atoms with Gasteiger partial charge in [-0.15, -0.1) is 11.3 Å². The Balaban J connectivity index is 1.93. The van der Waals surface area contributed by atoms with Gasteiger partial charge in [0.25, 0.3) is 10.0 Å². The number of thiophene rings is 1. The van der Waals surface area contributed by atoms with Gasteiger partial charge in [0.15, 0.2) is 21.1 Å². The summed E-state index contributed by atoms with van der Waals surface area (Å²) in [5.41, 5.74) is -0.229. The van der Waals surface area contributed by atoms with Gasteiger partial charge in [-0.25, -0.2) is 13.6 Å². The highest BCUT2D eigenvalue weighted by Crippen LogP contribution is 2.41. The van der Waals surface area contributed by atoms with E-state index in [0.717, 1.165) is 11.3 Å². The molecule has 0 bridgehead atoms. The molecule has 3 rings (SSSR count). The Bertz CT molecular complexity index is 1070. The van der Waals surface area contributed by atoms with E-state index in [2.05, 4.69) is 19.4 Å². The Morgan fingerprint density at radius 3 is 2.57 bits per heavy atom. The quantitative estimate of drug-likeness (QED) is 0.417. The van der Waals surface area contributed by atoms with Crippen LogP contribution in [0.5, 0.6) is 5.75 Å². The van der Waals surface area contributed by atoms with E-state index in [4.69, 9.17) is 9.56 Å². The monoisotopic (exact) mass is 445 g/mol. The van der Waals surface area contributed by atoms with Gasteiger partial charge in [-0.05, 0) is 17.5 Å². The highest BCUT2D eigenvalue weighted by atomic mass is 32.2. The Kier molecular flexibility index (Phi) is 5.38. The number of sulfonamides is 1. The minimum Gasteiger partial charge on any atom is -0.546 e. The molecule has 0 spiro atoms. The van der Waals surface area contributed by atoms with Crippen molar-refractivity contribution in [3.63, 3.8) is 0 Å². The summed E-state index contributed by atoms with van der Waals surface area (Å²) in [5, 5.41) is 22.5. The van der Waals surface area contributed by atoms with E-state index in [-0.39, 0.29) is 33.0 Å². The molecule has 3 aromatic rings. The molecule has 0 fully saturated rings. The first-order valence-electron chi connectivity index (χ1n) is 7.97. The van der Waals surface area contributed by atoms with Crippen molar-refractivity contribution in [2.75, 3.05) is 10.6 Å². The zero-order valence-corrected chi connectivity index (χ0v) is 17.6. The molecule has 28 heavy (non-hydrogen) atoms. The van der Waals surface area contributed by atoms with Gasteiger partial charge in [0, 0.05) is 14.1 Å². The highest BCUT2D eigenvalue weighted by Gasteiger charge is 2.32. The highest BCUT2D eigenvalue weighted by molar-refractivity contribution is 7.91. The number of nitrogens with zero attached hydrogens (tertiary/aromatic N) is 2. The molecule has 10 nitrogen and oxygen atoms in total. The summed E-state index contributed by atoms with van der Waals surface area (Å²) in [7, 11) is -4.07. The van der Waals surface area contributed by atoms with Crippen LogP contribution in [0.25, 0.3) is 0 Å². The van der Waals surface area contributed by atoms with E-state index in [0.29, 0.717) is 5.76 Å². The maximum Gasteiger partial charge on any atom is 0.251 e. The summed E-state index contributed by atoms with van der Waals surface area (Å²) in [5.74, 6) is 0.401. The molecule has 0 aliphatic heterocycles. The van der Waals surface area contributed by atoms with E-state index in [1.54, 1.807) is 12.3 Å². The van der Waals surface area contributed by atoms with Gasteiger partial charge < -0.3 is 24.7 Å². The topological polar surface area (TPSA) is 166 Å². The first-order valence-corrected chi connectivity index (χ1v) is 11.5. The first kappa shape index (κ1) is 20.5. The summed E-state index contributed by atoms with van der Waals surface area (Å²) >= 11 is -1.11. The van der Waals surface area contributed by atoms with Gasteiger partial charge in [-0.3, -0.25) is 0 Å². The fourth-order valence-corrected chi connectivity index (χ4v) is 4.80. The molecular formula is C15H19N5O5S3. The van der Waals surface area contributed by atoms with E-state index < -0.39 is 26.9 Å². The average Bonchev–Trinajstić information content (AvgIpc) is 3.25. The lowest BCUT2D eigenvalue weighted by atomic mass is 9.85. The van der Waals surface area contributed by atoms with Crippen molar-refractivity contribution < 1.29 is 22.5 Å². The van der Waals surface area contributed by atoms with E-state index >= 15 is 0 Å². The zero-order valence-electron chi connectivity index (χ0n) is 15.2. The molecule has 0 aromatic carbocycles. The molecule has 0 amide bonds. The number of primary sulfonamides is 1. The molecule has 152 valence electrons. The van der Waals surface area contributed by atoms with Gasteiger partial charge in [0.1, 0.15) is 5.76 Å². The van der Waals surface area contributed by atoms with Crippen LogP contribution in [-0.4, -0.2) is 26.8 Å². The minimum absolute atomic E-state index is 0.0616. The summed E-state index contributed by atoms with van der Waals surface area (Å²) in [4.78, 5) is 0. The molecule has 0 saturated carbocycles. The average molecular weight is 446 g/mol. The molecular weight excluding hydrogens is 426 g/mol. The molecule has 0 aliphatic carbocycles. The number of nitrogens with two attached hydrogens (primary N) is 1. The minimum atomic E-state index is -4.07. The molecule has 0 saturated heterocycles. The second-order valence-corrected chi connectivity index (χ2v) is 10.5. The summed E-state index contributed by atoms with van der Waals surface area (Å²) in [6.45, 7) is 5.98. The lowest BCUT2D eigenvalue weighted by Gasteiger charge is -2.29. The molecule has 3 heterocycles. The number of hydrogen-bond donors (Lipinski definition) is 4. The normalized spacial score (nSPS) is 14.1. The van der Waals surface area contributed by atoms with Crippen LogP contribution in [0.2, 0.25) is 0 Å². The van der Waals surface area contributed by atoms with Crippen molar-refractivity contribution in [1.29, 1.82) is 0 Å². The third-order valence-electron chi connectivity index (χ3n) is 3.78. The van der Waals surface area contributed by atoms with Crippen molar-refractivity contribution in [3.05, 3.63) is 29.5 Å². The zero-order chi connectivity index (χ0) is 20.7. The number of anilines is 3. The molecule has 3 aromatic heterocycles. The number of rotatable bonds is 6. The third kappa shape index (κ3) is 4.28. The maximum atomic E-state index is 11.9. The predicted octanol–water partition coefficient (Wildman–Crippen LogP) is 3.15. The van der Waals surface area contributed by atoms with Crippen LogP contribution in [0, 0.1) is 5.41 Å².